The molecule has 0 aromatic heterocycles. The Bertz CT molecular complexity index is 846. The second-order valence-electron chi connectivity index (χ2n) is 6.65. The van der Waals surface area contributed by atoms with Gasteiger partial charge in [0.15, 0.2) is 0 Å². The van der Waals surface area contributed by atoms with Crippen LogP contribution in [-0.4, -0.2) is 24.3 Å². The number of aryl methyl sites for hydroxylation is 2. The monoisotopic (exact) mass is 365 g/mol. The highest BCUT2D eigenvalue weighted by Gasteiger charge is 2.22. The predicted molar refractivity (Wildman–Crippen MR) is 103 cm³/mol. The van der Waals surface area contributed by atoms with Crippen molar-refractivity contribution in [1.82, 2.24) is 10.9 Å². The summed E-state index contributed by atoms with van der Waals surface area (Å²) in [5, 5.41) is 0. The Balaban J connectivity index is 1.47. The first kappa shape index (κ1) is 18.6. The lowest BCUT2D eigenvalue weighted by atomic mass is 10.0. The van der Waals surface area contributed by atoms with Crippen LogP contribution in [0.3, 0.4) is 0 Å². The van der Waals surface area contributed by atoms with Crippen LogP contribution in [0.1, 0.15) is 40.7 Å². The maximum Gasteiger partial charge on any atom is 0.269 e. The zero-order valence-corrected chi connectivity index (χ0v) is 15.3. The van der Waals surface area contributed by atoms with Crippen molar-refractivity contribution in [2.75, 3.05) is 11.4 Å². The number of benzene rings is 2. The van der Waals surface area contributed by atoms with Gasteiger partial charge in [-0.25, -0.2) is 0 Å². The Hall–Kier alpha value is -3.15. The molecule has 0 unspecified atom stereocenters. The Kier molecular flexibility index (Phi) is 5.86. The molecule has 0 radical (unpaired) electrons. The van der Waals surface area contributed by atoms with Crippen LogP contribution < -0.4 is 15.8 Å². The summed E-state index contributed by atoms with van der Waals surface area (Å²) in [5.41, 5.74) is 8.34. The van der Waals surface area contributed by atoms with Crippen LogP contribution in [0.5, 0.6) is 0 Å². The van der Waals surface area contributed by atoms with E-state index in [1.807, 2.05) is 43.3 Å². The van der Waals surface area contributed by atoms with E-state index in [2.05, 4.69) is 10.9 Å². The molecule has 140 valence electrons. The van der Waals surface area contributed by atoms with E-state index in [4.69, 9.17) is 0 Å². The number of hydrogen-bond donors (Lipinski definition) is 2. The van der Waals surface area contributed by atoms with Gasteiger partial charge in [0.2, 0.25) is 11.8 Å². The highest BCUT2D eigenvalue weighted by atomic mass is 16.2. The Labute approximate surface area is 158 Å². The second kappa shape index (κ2) is 8.49. The summed E-state index contributed by atoms with van der Waals surface area (Å²) in [6.45, 7) is 2.60. The van der Waals surface area contributed by atoms with Gasteiger partial charge in [0.05, 0.1) is 0 Å². The largest absolute Gasteiger partial charge is 0.312 e. The lowest BCUT2D eigenvalue weighted by molar-refractivity contribution is -0.125. The Morgan fingerprint density at radius 1 is 0.963 bits per heavy atom. The molecule has 1 aliphatic heterocycles. The van der Waals surface area contributed by atoms with Gasteiger partial charge in [-0.15, -0.1) is 0 Å². The van der Waals surface area contributed by atoms with Crippen molar-refractivity contribution in [1.29, 1.82) is 0 Å². The summed E-state index contributed by atoms with van der Waals surface area (Å²) >= 11 is 0. The lowest BCUT2D eigenvalue weighted by Gasteiger charge is -2.29. The molecule has 0 saturated carbocycles. The van der Waals surface area contributed by atoms with Crippen molar-refractivity contribution >= 4 is 23.4 Å². The molecule has 3 rings (SSSR count). The third kappa shape index (κ3) is 4.73. The summed E-state index contributed by atoms with van der Waals surface area (Å²) in [5.74, 6) is -0.865. The van der Waals surface area contributed by atoms with Crippen molar-refractivity contribution in [2.24, 2.45) is 0 Å². The number of nitrogens with zero attached hydrogens (tertiary/aromatic N) is 1. The van der Waals surface area contributed by atoms with Crippen LogP contribution >= 0.6 is 0 Å². The molecule has 0 atom stereocenters. The van der Waals surface area contributed by atoms with Gasteiger partial charge < -0.3 is 4.90 Å². The third-order valence-corrected chi connectivity index (χ3v) is 4.61. The minimum absolute atomic E-state index is 0.0195. The normalized spacial score (nSPS) is 12.9. The Morgan fingerprint density at radius 3 is 2.48 bits per heavy atom. The van der Waals surface area contributed by atoms with E-state index in [9.17, 15) is 14.4 Å². The quantitative estimate of drug-likeness (QED) is 0.817. The highest BCUT2D eigenvalue weighted by Crippen LogP contribution is 2.27. The third-order valence-electron chi connectivity index (χ3n) is 4.61. The van der Waals surface area contributed by atoms with Gasteiger partial charge in [0.1, 0.15) is 0 Å². The number of nitrogens with one attached hydrogen (secondary N) is 2. The standard InChI is InChI=1S/C21H23N3O3/c1-15-8-10-17(11-9-15)21(27)23-22-19(25)12-13-20(26)24-14-4-6-16-5-2-3-7-18(16)24/h2-3,5,7-11H,4,6,12-14H2,1H3,(H,22,25)(H,23,27). The average molecular weight is 365 g/mol. The molecule has 3 amide bonds. The lowest BCUT2D eigenvalue weighted by Crippen LogP contribution is -2.42. The van der Waals surface area contributed by atoms with Crippen LogP contribution in [0.2, 0.25) is 0 Å². The van der Waals surface area contributed by atoms with Gasteiger partial charge >= 0.3 is 0 Å². The van der Waals surface area contributed by atoms with E-state index in [-0.39, 0.29) is 24.7 Å². The molecule has 0 aliphatic carbocycles. The SMILES string of the molecule is Cc1ccc(C(=O)NNC(=O)CCC(=O)N2CCCc3ccccc32)cc1. The minimum Gasteiger partial charge on any atom is -0.312 e. The minimum atomic E-state index is -0.394. The first-order valence-corrected chi connectivity index (χ1v) is 9.09. The molecular formula is C21H23N3O3. The maximum atomic E-state index is 12.5. The number of hydrogen-bond acceptors (Lipinski definition) is 3. The molecule has 6 heteroatoms. The first-order valence-electron chi connectivity index (χ1n) is 9.09. The van der Waals surface area contributed by atoms with Gasteiger partial charge in [0.25, 0.3) is 5.91 Å². The first-order chi connectivity index (χ1) is 13.0. The van der Waals surface area contributed by atoms with E-state index in [1.165, 1.54) is 0 Å². The number of para-hydroxylation sites is 1. The number of carbonyl (C=O) groups excluding carboxylic acids is 3. The fourth-order valence-corrected chi connectivity index (χ4v) is 3.11. The van der Waals surface area contributed by atoms with Crippen LogP contribution in [0.25, 0.3) is 0 Å². The van der Waals surface area contributed by atoms with Gasteiger partial charge in [-0.05, 0) is 43.5 Å². The van der Waals surface area contributed by atoms with Crippen molar-refractivity contribution in [3.8, 4) is 0 Å². The number of hydrazine groups is 1. The molecule has 2 aromatic rings. The molecule has 27 heavy (non-hydrogen) atoms. The molecule has 6 nitrogen and oxygen atoms in total. The summed E-state index contributed by atoms with van der Waals surface area (Å²) < 4.78 is 0. The van der Waals surface area contributed by atoms with Gasteiger partial charge in [-0.1, -0.05) is 35.9 Å². The summed E-state index contributed by atoms with van der Waals surface area (Å²) in [6.07, 6.45) is 2.00. The average Bonchev–Trinajstić information content (AvgIpc) is 2.70. The van der Waals surface area contributed by atoms with Gasteiger partial charge in [-0.2, -0.15) is 0 Å². The molecule has 0 spiro atoms. The molecule has 1 heterocycles. The molecule has 2 aromatic carbocycles. The smallest absolute Gasteiger partial charge is 0.269 e. The molecule has 0 fully saturated rings. The van der Waals surface area contributed by atoms with Crippen LogP contribution in [-0.2, 0) is 16.0 Å². The number of anilines is 1. The Morgan fingerprint density at radius 2 is 1.70 bits per heavy atom. The fourth-order valence-electron chi connectivity index (χ4n) is 3.11. The fraction of sp³-hybridized carbons (Fsp3) is 0.286. The van der Waals surface area contributed by atoms with E-state index in [0.29, 0.717) is 12.1 Å². The molecule has 0 saturated heterocycles. The number of carbonyl (C=O) groups is 3. The molecule has 1 aliphatic rings. The summed E-state index contributed by atoms with van der Waals surface area (Å²) in [6, 6.07) is 14.9. The second-order valence-corrected chi connectivity index (χ2v) is 6.65. The zero-order chi connectivity index (χ0) is 19.2. The number of amides is 3. The number of rotatable bonds is 4. The maximum absolute atomic E-state index is 12.5. The van der Waals surface area contributed by atoms with E-state index in [1.54, 1.807) is 17.0 Å². The van der Waals surface area contributed by atoms with Crippen LogP contribution in [0.15, 0.2) is 48.5 Å². The van der Waals surface area contributed by atoms with Crippen LogP contribution in [0.4, 0.5) is 5.69 Å². The van der Waals surface area contributed by atoms with E-state index in [0.717, 1.165) is 29.7 Å². The van der Waals surface area contributed by atoms with Crippen molar-refractivity contribution < 1.29 is 14.4 Å². The summed E-state index contributed by atoms with van der Waals surface area (Å²) in [4.78, 5) is 38.2. The highest BCUT2D eigenvalue weighted by molar-refractivity contribution is 5.97. The van der Waals surface area contributed by atoms with Gasteiger partial charge in [0, 0.05) is 30.6 Å². The topological polar surface area (TPSA) is 78.5 Å². The van der Waals surface area contributed by atoms with E-state index >= 15 is 0 Å². The van der Waals surface area contributed by atoms with Crippen molar-refractivity contribution in [2.45, 2.75) is 32.6 Å². The molecule has 0 bridgehead atoms. The predicted octanol–water partition coefficient (Wildman–Crippen LogP) is 2.52. The van der Waals surface area contributed by atoms with Gasteiger partial charge in [-0.3, -0.25) is 25.2 Å². The summed E-state index contributed by atoms with van der Waals surface area (Å²) in [7, 11) is 0. The van der Waals surface area contributed by atoms with Crippen LogP contribution in [0, 0.1) is 6.92 Å². The molecule has 2 N–H and O–H groups in total. The number of fused-ring (bicyclic) bond motifs is 1. The van der Waals surface area contributed by atoms with Crippen molar-refractivity contribution in [3.63, 3.8) is 0 Å². The zero-order valence-electron chi connectivity index (χ0n) is 15.3. The van der Waals surface area contributed by atoms with E-state index < -0.39 is 5.91 Å². The van der Waals surface area contributed by atoms with Crippen molar-refractivity contribution in [3.05, 3.63) is 65.2 Å². The molecular weight excluding hydrogens is 342 g/mol.